The summed E-state index contributed by atoms with van der Waals surface area (Å²) >= 11 is 4.74. The molecule has 2 rings (SSSR count). The Morgan fingerprint density at radius 3 is 2.22 bits per heavy atom. The van der Waals surface area contributed by atoms with E-state index in [1.54, 1.807) is 0 Å². The molecule has 48 valence electrons. The van der Waals surface area contributed by atoms with Crippen LogP contribution in [-0.2, 0) is 11.5 Å². The first-order valence-electron chi connectivity index (χ1n) is 2.56. The number of rotatable bonds is 0. The van der Waals surface area contributed by atoms with Gasteiger partial charge in [0.2, 0.25) is 0 Å². The van der Waals surface area contributed by atoms with Crippen molar-refractivity contribution in [1.29, 1.82) is 0 Å². The monoisotopic (exact) mass is 176 g/mol. The second-order valence-electron chi connectivity index (χ2n) is 1.79. The van der Waals surface area contributed by atoms with Crippen LogP contribution in [-0.4, -0.2) is 0 Å². The summed E-state index contributed by atoms with van der Waals surface area (Å²) in [5.41, 5.74) is 0. The van der Waals surface area contributed by atoms with Crippen molar-refractivity contribution in [1.82, 2.24) is 0 Å². The molecule has 0 unspecified atom stereocenters. The van der Waals surface area contributed by atoms with Gasteiger partial charge in [0, 0.05) is 21.3 Å². The SMILES string of the molecule is O=c1sc2c(s1)CSC2. The van der Waals surface area contributed by atoms with Gasteiger partial charge < -0.3 is 0 Å². The minimum Gasteiger partial charge on any atom is -0.265 e. The first-order valence-corrected chi connectivity index (χ1v) is 5.34. The maximum absolute atomic E-state index is 10.7. The van der Waals surface area contributed by atoms with Crippen molar-refractivity contribution in [3.8, 4) is 0 Å². The summed E-state index contributed by atoms with van der Waals surface area (Å²) in [6.45, 7) is 0. The van der Waals surface area contributed by atoms with E-state index < -0.39 is 0 Å². The number of hydrogen-bond donors (Lipinski definition) is 0. The molecule has 1 aliphatic heterocycles. The van der Waals surface area contributed by atoms with Crippen molar-refractivity contribution in [2.75, 3.05) is 0 Å². The van der Waals surface area contributed by atoms with Crippen molar-refractivity contribution in [2.24, 2.45) is 0 Å². The molecule has 2 heterocycles. The van der Waals surface area contributed by atoms with Crippen LogP contribution in [0.25, 0.3) is 0 Å². The maximum atomic E-state index is 10.7. The highest BCUT2D eigenvalue weighted by Gasteiger charge is 2.14. The van der Waals surface area contributed by atoms with E-state index in [4.69, 9.17) is 0 Å². The highest BCUT2D eigenvalue weighted by molar-refractivity contribution is 7.98. The summed E-state index contributed by atoms with van der Waals surface area (Å²) in [4.78, 5) is 13.4. The summed E-state index contributed by atoms with van der Waals surface area (Å²) in [6, 6.07) is 0. The summed E-state index contributed by atoms with van der Waals surface area (Å²) in [6.07, 6.45) is 0. The quantitative estimate of drug-likeness (QED) is 0.600. The van der Waals surface area contributed by atoms with Gasteiger partial charge in [-0.05, 0) is 0 Å². The fraction of sp³-hybridized carbons (Fsp3) is 0.400. The molecule has 0 saturated heterocycles. The normalized spacial score (nSPS) is 16.0. The fourth-order valence-electron chi connectivity index (χ4n) is 0.792. The molecule has 0 amide bonds. The zero-order valence-electron chi connectivity index (χ0n) is 4.55. The standard InChI is InChI=1S/C5H4OS3/c6-5-8-3-1-7-2-4(3)9-5/h1-2H2. The largest absolute Gasteiger partial charge is 0.287 e. The van der Waals surface area contributed by atoms with E-state index in [1.165, 1.54) is 32.4 Å². The number of hydrogen-bond acceptors (Lipinski definition) is 4. The minimum atomic E-state index is 0.264. The van der Waals surface area contributed by atoms with E-state index >= 15 is 0 Å². The van der Waals surface area contributed by atoms with Gasteiger partial charge >= 0.3 is 0 Å². The van der Waals surface area contributed by atoms with E-state index in [0.29, 0.717) is 0 Å². The van der Waals surface area contributed by atoms with Gasteiger partial charge in [-0.1, -0.05) is 22.7 Å². The van der Waals surface area contributed by atoms with Crippen molar-refractivity contribution in [3.63, 3.8) is 0 Å². The molecule has 0 spiro atoms. The molecule has 0 fully saturated rings. The molecule has 0 aliphatic carbocycles. The van der Waals surface area contributed by atoms with E-state index in [0.717, 1.165) is 11.5 Å². The Morgan fingerprint density at radius 1 is 1.11 bits per heavy atom. The molecule has 1 aromatic rings. The van der Waals surface area contributed by atoms with E-state index in [2.05, 4.69) is 0 Å². The molecule has 0 saturated carbocycles. The first kappa shape index (κ1) is 5.95. The van der Waals surface area contributed by atoms with Crippen LogP contribution in [0.3, 0.4) is 0 Å². The lowest BCUT2D eigenvalue weighted by atomic mass is 10.5. The van der Waals surface area contributed by atoms with Crippen molar-refractivity contribution in [3.05, 3.63) is 18.6 Å². The Balaban J connectivity index is 2.64. The lowest BCUT2D eigenvalue weighted by Crippen LogP contribution is -1.76. The number of thioether (sulfide) groups is 1. The second-order valence-corrected chi connectivity index (χ2v) is 5.17. The van der Waals surface area contributed by atoms with Crippen LogP contribution < -0.4 is 4.06 Å². The average Bonchev–Trinajstić information content (AvgIpc) is 2.22. The third-order valence-electron chi connectivity index (χ3n) is 1.19. The molecule has 4 heteroatoms. The van der Waals surface area contributed by atoms with Gasteiger partial charge in [0.1, 0.15) is 0 Å². The highest BCUT2D eigenvalue weighted by atomic mass is 32.2. The van der Waals surface area contributed by atoms with Gasteiger partial charge in [-0.3, -0.25) is 4.79 Å². The molecule has 1 aliphatic rings. The molecule has 0 N–H and O–H groups in total. The maximum Gasteiger partial charge on any atom is 0.287 e. The first-order chi connectivity index (χ1) is 4.36. The average molecular weight is 176 g/mol. The molecule has 0 bridgehead atoms. The smallest absolute Gasteiger partial charge is 0.265 e. The van der Waals surface area contributed by atoms with Crippen molar-refractivity contribution >= 4 is 34.4 Å². The lowest BCUT2D eigenvalue weighted by molar-refractivity contribution is 1.53. The number of fused-ring (bicyclic) bond motifs is 1. The van der Waals surface area contributed by atoms with Gasteiger partial charge in [0.15, 0.2) is 0 Å². The van der Waals surface area contributed by atoms with Gasteiger partial charge in [-0.15, -0.1) is 0 Å². The summed E-state index contributed by atoms with van der Waals surface area (Å²) in [7, 11) is 0. The van der Waals surface area contributed by atoms with Crippen LogP contribution in [0, 0.1) is 0 Å². The van der Waals surface area contributed by atoms with Gasteiger partial charge in [-0.25, -0.2) is 0 Å². The van der Waals surface area contributed by atoms with Crippen LogP contribution in [0.5, 0.6) is 0 Å². The Morgan fingerprint density at radius 2 is 1.67 bits per heavy atom. The molecule has 1 aromatic heterocycles. The zero-order valence-corrected chi connectivity index (χ0v) is 7.00. The Labute approximate surface area is 64.7 Å². The second kappa shape index (κ2) is 2.11. The van der Waals surface area contributed by atoms with Crippen molar-refractivity contribution < 1.29 is 0 Å². The highest BCUT2D eigenvalue weighted by Crippen LogP contribution is 2.33. The lowest BCUT2D eigenvalue weighted by Gasteiger charge is -1.75. The summed E-state index contributed by atoms with van der Waals surface area (Å²) in [5, 5.41) is 0. The Kier molecular flexibility index (Phi) is 1.39. The van der Waals surface area contributed by atoms with E-state index in [-0.39, 0.29) is 4.06 Å². The zero-order chi connectivity index (χ0) is 6.27. The molecular formula is C5H4OS3. The van der Waals surface area contributed by atoms with Gasteiger partial charge in [-0.2, -0.15) is 11.8 Å². The van der Waals surface area contributed by atoms with Gasteiger partial charge in [0.25, 0.3) is 4.06 Å². The predicted octanol–water partition coefficient (Wildman–Crippen LogP) is 1.92. The van der Waals surface area contributed by atoms with Crippen LogP contribution in [0.15, 0.2) is 4.79 Å². The third kappa shape index (κ3) is 0.952. The Bertz CT molecular complexity index is 247. The van der Waals surface area contributed by atoms with E-state index in [1.807, 2.05) is 11.8 Å². The van der Waals surface area contributed by atoms with Crippen LogP contribution in [0.4, 0.5) is 0 Å². The summed E-state index contributed by atoms with van der Waals surface area (Å²) < 4.78 is 0.264. The molecule has 0 aromatic carbocycles. The molecule has 0 radical (unpaired) electrons. The van der Waals surface area contributed by atoms with Crippen LogP contribution >= 0.6 is 34.4 Å². The predicted molar refractivity (Wildman–Crippen MR) is 43.5 cm³/mol. The topological polar surface area (TPSA) is 17.1 Å². The fourth-order valence-corrected chi connectivity index (χ4v) is 4.56. The summed E-state index contributed by atoms with van der Waals surface area (Å²) in [5.74, 6) is 2.14. The molecule has 9 heavy (non-hydrogen) atoms. The van der Waals surface area contributed by atoms with Crippen molar-refractivity contribution in [2.45, 2.75) is 11.5 Å². The third-order valence-corrected chi connectivity index (χ3v) is 4.78. The van der Waals surface area contributed by atoms with Crippen LogP contribution in [0.1, 0.15) is 9.75 Å². The van der Waals surface area contributed by atoms with Crippen LogP contribution in [0.2, 0.25) is 0 Å². The van der Waals surface area contributed by atoms with Gasteiger partial charge in [0.05, 0.1) is 0 Å². The molecule has 0 atom stereocenters. The minimum absolute atomic E-state index is 0.264. The molecular weight excluding hydrogens is 172 g/mol. The van der Waals surface area contributed by atoms with E-state index in [9.17, 15) is 4.79 Å². The molecule has 1 nitrogen and oxygen atoms in total. The Hall–Kier alpha value is 0.200.